The molecular formula is C14H13BrN2O. The zero-order valence-corrected chi connectivity index (χ0v) is 11.6. The molecule has 92 valence electrons. The first kappa shape index (κ1) is 12.8. The van der Waals surface area contributed by atoms with Gasteiger partial charge in [-0.1, -0.05) is 28.1 Å². The fourth-order valence-electron chi connectivity index (χ4n) is 1.71. The van der Waals surface area contributed by atoms with Crippen LogP contribution in [0.2, 0.25) is 0 Å². The maximum atomic E-state index is 12.2. The molecule has 0 fully saturated rings. The quantitative estimate of drug-likeness (QED) is 0.886. The van der Waals surface area contributed by atoms with Crippen LogP contribution in [0.5, 0.6) is 0 Å². The number of halogens is 1. The van der Waals surface area contributed by atoms with Crippen molar-refractivity contribution in [3.8, 4) is 0 Å². The number of nitrogens with two attached hydrogens (primary N) is 1. The number of pyridine rings is 1. The molecule has 3 nitrogen and oxygen atoms in total. The molecule has 0 aliphatic rings. The predicted octanol–water partition coefficient (Wildman–Crippen LogP) is 3.16. The summed E-state index contributed by atoms with van der Waals surface area (Å²) in [5.74, 6) is 0.440. The summed E-state index contributed by atoms with van der Waals surface area (Å²) < 4.78 is 0.815. The second kappa shape index (κ2) is 5.31. The van der Waals surface area contributed by atoms with Crippen LogP contribution in [0.15, 0.2) is 41.0 Å². The summed E-state index contributed by atoms with van der Waals surface area (Å²) in [7, 11) is 0. The fourth-order valence-corrected chi connectivity index (χ4v) is 2.43. The standard InChI is InChI=1S/C14H13BrN2O/c1-9-4-5-11(12(15)7-9)13(18)8-10-3-2-6-17-14(10)16/h2-7H,8H2,1H3,(H2,16,17). The molecule has 4 heteroatoms. The number of nitrogens with zero attached hydrogens (tertiary/aromatic N) is 1. The number of aromatic nitrogens is 1. The Hall–Kier alpha value is -1.68. The second-order valence-corrected chi connectivity index (χ2v) is 4.99. The van der Waals surface area contributed by atoms with E-state index in [0.29, 0.717) is 11.4 Å². The number of benzene rings is 1. The highest BCUT2D eigenvalue weighted by Gasteiger charge is 2.12. The number of Topliss-reactive ketones (excluding diaryl/α,β-unsaturated/α-hetero) is 1. The molecule has 2 rings (SSSR count). The summed E-state index contributed by atoms with van der Waals surface area (Å²) in [5, 5.41) is 0. The van der Waals surface area contributed by atoms with Gasteiger partial charge in [0.2, 0.25) is 0 Å². The first-order valence-electron chi connectivity index (χ1n) is 5.56. The number of ketones is 1. The minimum atomic E-state index is 0.0292. The number of carbonyl (C=O) groups is 1. The van der Waals surface area contributed by atoms with E-state index >= 15 is 0 Å². The second-order valence-electron chi connectivity index (χ2n) is 4.13. The highest BCUT2D eigenvalue weighted by Crippen LogP contribution is 2.21. The van der Waals surface area contributed by atoms with E-state index in [0.717, 1.165) is 15.6 Å². The molecular weight excluding hydrogens is 292 g/mol. The molecule has 0 unspecified atom stereocenters. The van der Waals surface area contributed by atoms with Crippen LogP contribution in [0.1, 0.15) is 21.5 Å². The van der Waals surface area contributed by atoms with E-state index in [4.69, 9.17) is 5.73 Å². The Balaban J connectivity index is 2.25. The van der Waals surface area contributed by atoms with Gasteiger partial charge in [0.05, 0.1) is 0 Å². The maximum Gasteiger partial charge on any atom is 0.168 e. The Labute approximate surface area is 114 Å². The van der Waals surface area contributed by atoms with Crippen LogP contribution in [0.25, 0.3) is 0 Å². The van der Waals surface area contributed by atoms with Gasteiger partial charge in [-0.2, -0.15) is 0 Å². The zero-order chi connectivity index (χ0) is 13.1. The number of hydrogen-bond acceptors (Lipinski definition) is 3. The zero-order valence-electron chi connectivity index (χ0n) is 9.98. The molecule has 1 aromatic heterocycles. The number of aryl methyl sites for hydroxylation is 1. The molecule has 0 bridgehead atoms. The van der Waals surface area contributed by atoms with Gasteiger partial charge in [0.15, 0.2) is 5.78 Å². The highest BCUT2D eigenvalue weighted by atomic mass is 79.9. The van der Waals surface area contributed by atoms with E-state index in [1.54, 1.807) is 12.3 Å². The lowest BCUT2D eigenvalue weighted by molar-refractivity contribution is 0.0992. The molecule has 0 aliphatic heterocycles. The van der Waals surface area contributed by atoms with E-state index in [9.17, 15) is 4.79 Å². The average molecular weight is 305 g/mol. The van der Waals surface area contributed by atoms with Crippen LogP contribution in [0, 0.1) is 6.92 Å². The third-order valence-electron chi connectivity index (χ3n) is 2.70. The largest absolute Gasteiger partial charge is 0.383 e. The molecule has 18 heavy (non-hydrogen) atoms. The predicted molar refractivity (Wildman–Crippen MR) is 75.6 cm³/mol. The van der Waals surface area contributed by atoms with Gasteiger partial charge in [-0.05, 0) is 30.7 Å². The van der Waals surface area contributed by atoms with Crippen LogP contribution < -0.4 is 5.73 Å². The van der Waals surface area contributed by atoms with Crippen molar-refractivity contribution >= 4 is 27.5 Å². The van der Waals surface area contributed by atoms with Gasteiger partial charge in [0.25, 0.3) is 0 Å². The van der Waals surface area contributed by atoms with E-state index in [1.165, 1.54) is 0 Å². The normalized spacial score (nSPS) is 10.3. The SMILES string of the molecule is Cc1ccc(C(=O)Cc2cccnc2N)c(Br)c1. The monoisotopic (exact) mass is 304 g/mol. The van der Waals surface area contributed by atoms with Gasteiger partial charge in [-0.15, -0.1) is 0 Å². The van der Waals surface area contributed by atoms with Crippen molar-refractivity contribution in [3.05, 3.63) is 57.7 Å². The maximum absolute atomic E-state index is 12.2. The molecule has 1 aromatic carbocycles. The van der Waals surface area contributed by atoms with Gasteiger partial charge in [-0.3, -0.25) is 4.79 Å². The van der Waals surface area contributed by atoms with Gasteiger partial charge < -0.3 is 5.73 Å². The van der Waals surface area contributed by atoms with Crippen molar-refractivity contribution in [2.75, 3.05) is 5.73 Å². The van der Waals surface area contributed by atoms with E-state index in [1.807, 2.05) is 31.2 Å². The van der Waals surface area contributed by atoms with E-state index < -0.39 is 0 Å². The third-order valence-corrected chi connectivity index (χ3v) is 3.36. The first-order chi connectivity index (χ1) is 8.58. The fraction of sp³-hybridized carbons (Fsp3) is 0.143. The van der Waals surface area contributed by atoms with Crippen LogP contribution in [0.3, 0.4) is 0 Å². The Kier molecular flexibility index (Phi) is 3.77. The lowest BCUT2D eigenvalue weighted by Crippen LogP contribution is -2.07. The van der Waals surface area contributed by atoms with Crippen molar-refractivity contribution in [3.63, 3.8) is 0 Å². The van der Waals surface area contributed by atoms with Crippen molar-refractivity contribution in [1.29, 1.82) is 0 Å². The number of rotatable bonds is 3. The van der Waals surface area contributed by atoms with Crippen molar-refractivity contribution in [2.45, 2.75) is 13.3 Å². The molecule has 2 N–H and O–H groups in total. The van der Waals surface area contributed by atoms with Gasteiger partial charge in [0, 0.05) is 28.2 Å². The number of anilines is 1. The molecule has 0 aliphatic carbocycles. The van der Waals surface area contributed by atoms with Crippen LogP contribution >= 0.6 is 15.9 Å². The summed E-state index contributed by atoms with van der Waals surface area (Å²) in [5.41, 5.74) is 8.27. The summed E-state index contributed by atoms with van der Waals surface area (Å²) in [6.45, 7) is 1.98. The Morgan fingerprint density at radius 1 is 1.39 bits per heavy atom. The average Bonchev–Trinajstić information content (AvgIpc) is 2.32. The Morgan fingerprint density at radius 3 is 2.83 bits per heavy atom. The van der Waals surface area contributed by atoms with E-state index in [2.05, 4.69) is 20.9 Å². The number of nitrogen functional groups attached to an aromatic ring is 1. The highest BCUT2D eigenvalue weighted by molar-refractivity contribution is 9.10. The summed E-state index contributed by atoms with van der Waals surface area (Å²) >= 11 is 3.41. The first-order valence-corrected chi connectivity index (χ1v) is 6.36. The van der Waals surface area contributed by atoms with Crippen molar-refractivity contribution < 1.29 is 4.79 Å². The topological polar surface area (TPSA) is 56.0 Å². The summed E-state index contributed by atoms with van der Waals surface area (Å²) in [6.07, 6.45) is 1.88. The molecule has 0 amide bonds. The minimum Gasteiger partial charge on any atom is -0.383 e. The molecule has 0 spiro atoms. The molecule has 1 heterocycles. The number of carbonyl (C=O) groups excluding carboxylic acids is 1. The lowest BCUT2D eigenvalue weighted by atomic mass is 10.0. The summed E-state index contributed by atoms with van der Waals surface area (Å²) in [6, 6.07) is 9.28. The van der Waals surface area contributed by atoms with Gasteiger partial charge in [-0.25, -0.2) is 4.98 Å². The Morgan fingerprint density at radius 2 is 2.17 bits per heavy atom. The van der Waals surface area contributed by atoms with Crippen LogP contribution in [-0.4, -0.2) is 10.8 Å². The number of hydrogen-bond donors (Lipinski definition) is 1. The van der Waals surface area contributed by atoms with E-state index in [-0.39, 0.29) is 12.2 Å². The summed E-state index contributed by atoms with van der Waals surface area (Å²) in [4.78, 5) is 16.2. The van der Waals surface area contributed by atoms with Crippen LogP contribution in [-0.2, 0) is 6.42 Å². The lowest BCUT2D eigenvalue weighted by Gasteiger charge is -2.06. The molecule has 2 aromatic rings. The van der Waals surface area contributed by atoms with Gasteiger partial charge in [0.1, 0.15) is 5.82 Å². The van der Waals surface area contributed by atoms with Gasteiger partial charge >= 0.3 is 0 Å². The van der Waals surface area contributed by atoms with Crippen molar-refractivity contribution in [1.82, 2.24) is 4.98 Å². The minimum absolute atomic E-state index is 0.0292. The Bertz CT molecular complexity index is 596. The molecule has 0 saturated carbocycles. The van der Waals surface area contributed by atoms with Crippen molar-refractivity contribution in [2.24, 2.45) is 0 Å². The molecule has 0 saturated heterocycles. The van der Waals surface area contributed by atoms with Crippen LogP contribution in [0.4, 0.5) is 5.82 Å². The molecule has 0 radical (unpaired) electrons. The third kappa shape index (κ3) is 2.76. The smallest absolute Gasteiger partial charge is 0.168 e. The molecule has 0 atom stereocenters.